The van der Waals surface area contributed by atoms with Gasteiger partial charge in [-0.05, 0) is 50.5 Å². The van der Waals surface area contributed by atoms with Gasteiger partial charge >= 0.3 is 0 Å². The van der Waals surface area contributed by atoms with E-state index >= 15 is 0 Å². The van der Waals surface area contributed by atoms with E-state index in [1.807, 2.05) is 18.7 Å². The van der Waals surface area contributed by atoms with E-state index in [4.69, 9.17) is 0 Å². The molecule has 2 unspecified atom stereocenters. The van der Waals surface area contributed by atoms with E-state index in [2.05, 4.69) is 28.7 Å². The fourth-order valence-corrected chi connectivity index (χ4v) is 3.35. The zero-order chi connectivity index (χ0) is 14.2. The second kappa shape index (κ2) is 8.46. The molecule has 0 saturated heterocycles. The lowest BCUT2D eigenvalue weighted by Gasteiger charge is -2.19. The standard InChI is InChI=1S/C17H31N3/c1-15(2)16-6-5-7-17(9-8-16)19-10-3-4-12-20-13-11-18-14-20/h11,13-17,19H,3-10,12H2,1-2H3. The Bertz CT molecular complexity index is 345. The Kier molecular flexibility index (Phi) is 6.58. The van der Waals surface area contributed by atoms with E-state index in [1.54, 1.807) is 0 Å². The number of imidazole rings is 1. The zero-order valence-electron chi connectivity index (χ0n) is 13.2. The topological polar surface area (TPSA) is 29.9 Å². The highest BCUT2D eigenvalue weighted by Crippen LogP contribution is 2.28. The molecule has 1 heterocycles. The number of hydrogen-bond donors (Lipinski definition) is 1. The summed E-state index contributed by atoms with van der Waals surface area (Å²) in [6.07, 6.45) is 15.4. The highest BCUT2D eigenvalue weighted by molar-refractivity contribution is 4.77. The predicted octanol–water partition coefficient (Wildman–Crippen LogP) is 3.86. The largest absolute Gasteiger partial charge is 0.337 e. The molecule has 1 aliphatic carbocycles. The normalized spacial score (nSPS) is 23.9. The molecule has 0 bridgehead atoms. The number of aryl methyl sites for hydroxylation is 1. The number of aromatic nitrogens is 2. The molecule has 1 aromatic heterocycles. The van der Waals surface area contributed by atoms with Gasteiger partial charge in [-0.2, -0.15) is 0 Å². The monoisotopic (exact) mass is 277 g/mol. The van der Waals surface area contributed by atoms with Crippen LogP contribution in [0.4, 0.5) is 0 Å². The minimum Gasteiger partial charge on any atom is -0.337 e. The third-order valence-electron chi connectivity index (χ3n) is 4.79. The van der Waals surface area contributed by atoms with Gasteiger partial charge in [0.1, 0.15) is 0 Å². The fourth-order valence-electron chi connectivity index (χ4n) is 3.35. The van der Waals surface area contributed by atoms with Crippen LogP contribution >= 0.6 is 0 Å². The Balaban J connectivity index is 1.55. The molecule has 3 heteroatoms. The van der Waals surface area contributed by atoms with Crippen LogP contribution < -0.4 is 5.32 Å². The molecule has 1 saturated carbocycles. The maximum atomic E-state index is 4.07. The van der Waals surface area contributed by atoms with Gasteiger partial charge in [0.2, 0.25) is 0 Å². The highest BCUT2D eigenvalue weighted by atomic mass is 15.0. The first-order valence-corrected chi connectivity index (χ1v) is 8.45. The van der Waals surface area contributed by atoms with E-state index in [9.17, 15) is 0 Å². The van der Waals surface area contributed by atoms with Crippen LogP contribution in [0.1, 0.15) is 58.8 Å². The van der Waals surface area contributed by atoms with Crippen molar-refractivity contribution >= 4 is 0 Å². The molecule has 1 fully saturated rings. The summed E-state index contributed by atoms with van der Waals surface area (Å²) < 4.78 is 2.17. The average Bonchev–Trinajstić information content (AvgIpc) is 2.82. The van der Waals surface area contributed by atoms with Crippen molar-refractivity contribution in [3.8, 4) is 0 Å². The lowest BCUT2D eigenvalue weighted by molar-refractivity contribution is 0.337. The van der Waals surface area contributed by atoms with Crippen molar-refractivity contribution in [2.45, 2.75) is 71.4 Å². The van der Waals surface area contributed by atoms with Gasteiger partial charge in [0.15, 0.2) is 0 Å². The van der Waals surface area contributed by atoms with Crippen LogP contribution in [-0.4, -0.2) is 22.1 Å². The molecule has 1 aromatic rings. The molecular weight excluding hydrogens is 246 g/mol. The van der Waals surface area contributed by atoms with E-state index in [0.29, 0.717) is 0 Å². The summed E-state index contributed by atoms with van der Waals surface area (Å²) in [5.41, 5.74) is 0. The molecule has 0 radical (unpaired) electrons. The van der Waals surface area contributed by atoms with E-state index in [0.717, 1.165) is 24.4 Å². The number of nitrogens with zero attached hydrogens (tertiary/aromatic N) is 2. The third-order valence-corrected chi connectivity index (χ3v) is 4.79. The number of nitrogens with one attached hydrogen (secondary N) is 1. The summed E-state index contributed by atoms with van der Waals surface area (Å²) in [6.45, 7) is 7.04. The number of unbranched alkanes of at least 4 members (excludes halogenated alkanes) is 1. The summed E-state index contributed by atoms with van der Waals surface area (Å²) in [5, 5.41) is 3.78. The van der Waals surface area contributed by atoms with Crippen LogP contribution in [0, 0.1) is 11.8 Å². The molecule has 2 atom stereocenters. The summed E-state index contributed by atoms with van der Waals surface area (Å²) in [7, 11) is 0. The molecule has 0 aliphatic heterocycles. The molecule has 1 aliphatic rings. The van der Waals surface area contributed by atoms with E-state index < -0.39 is 0 Å². The van der Waals surface area contributed by atoms with Crippen LogP contribution in [0.5, 0.6) is 0 Å². The van der Waals surface area contributed by atoms with Gasteiger partial charge in [0.25, 0.3) is 0 Å². The van der Waals surface area contributed by atoms with Crippen molar-refractivity contribution in [3.05, 3.63) is 18.7 Å². The summed E-state index contributed by atoms with van der Waals surface area (Å²) in [6, 6.07) is 0.770. The maximum Gasteiger partial charge on any atom is 0.0945 e. The lowest BCUT2D eigenvalue weighted by Crippen LogP contribution is -2.29. The van der Waals surface area contributed by atoms with Crippen LogP contribution in [0.15, 0.2) is 18.7 Å². The smallest absolute Gasteiger partial charge is 0.0945 e. The lowest BCUT2D eigenvalue weighted by atomic mass is 9.89. The quantitative estimate of drug-likeness (QED) is 0.606. The van der Waals surface area contributed by atoms with Crippen molar-refractivity contribution in [3.63, 3.8) is 0 Å². The SMILES string of the molecule is CC(C)C1CCCC(NCCCCn2ccnc2)CC1. The number of hydrogen-bond acceptors (Lipinski definition) is 2. The Labute approximate surface area is 124 Å². The maximum absolute atomic E-state index is 4.07. The van der Waals surface area contributed by atoms with Gasteiger partial charge in [-0.25, -0.2) is 4.98 Å². The molecule has 114 valence electrons. The van der Waals surface area contributed by atoms with Crippen LogP contribution in [-0.2, 0) is 6.54 Å². The minimum absolute atomic E-state index is 0.770. The first-order valence-electron chi connectivity index (χ1n) is 8.45. The highest BCUT2D eigenvalue weighted by Gasteiger charge is 2.20. The van der Waals surface area contributed by atoms with Gasteiger partial charge in [-0.15, -0.1) is 0 Å². The first-order chi connectivity index (χ1) is 9.75. The zero-order valence-corrected chi connectivity index (χ0v) is 13.2. The van der Waals surface area contributed by atoms with Crippen LogP contribution in [0.25, 0.3) is 0 Å². The summed E-state index contributed by atoms with van der Waals surface area (Å²) in [5.74, 6) is 1.83. The van der Waals surface area contributed by atoms with Crippen molar-refractivity contribution in [2.24, 2.45) is 11.8 Å². The Morgan fingerprint density at radius 2 is 2.10 bits per heavy atom. The summed E-state index contributed by atoms with van der Waals surface area (Å²) >= 11 is 0. The molecule has 2 rings (SSSR count). The van der Waals surface area contributed by atoms with Crippen LogP contribution in [0.3, 0.4) is 0 Å². The van der Waals surface area contributed by atoms with Crippen LogP contribution in [0.2, 0.25) is 0 Å². The second-order valence-electron chi connectivity index (χ2n) is 6.67. The third kappa shape index (κ3) is 5.28. The van der Waals surface area contributed by atoms with Gasteiger partial charge in [-0.3, -0.25) is 0 Å². The Morgan fingerprint density at radius 3 is 2.85 bits per heavy atom. The molecule has 20 heavy (non-hydrogen) atoms. The van der Waals surface area contributed by atoms with Crippen molar-refractivity contribution in [1.82, 2.24) is 14.9 Å². The number of rotatable bonds is 7. The molecular formula is C17H31N3. The van der Waals surface area contributed by atoms with Gasteiger partial charge in [-0.1, -0.05) is 26.7 Å². The van der Waals surface area contributed by atoms with Crippen molar-refractivity contribution < 1.29 is 0 Å². The predicted molar refractivity (Wildman–Crippen MR) is 84.7 cm³/mol. The Hall–Kier alpha value is -0.830. The van der Waals surface area contributed by atoms with E-state index in [1.165, 1.54) is 51.5 Å². The van der Waals surface area contributed by atoms with Gasteiger partial charge < -0.3 is 9.88 Å². The van der Waals surface area contributed by atoms with Gasteiger partial charge in [0, 0.05) is 25.0 Å². The van der Waals surface area contributed by atoms with E-state index in [-0.39, 0.29) is 0 Å². The van der Waals surface area contributed by atoms with Gasteiger partial charge in [0.05, 0.1) is 6.33 Å². The molecule has 0 spiro atoms. The molecule has 0 amide bonds. The minimum atomic E-state index is 0.770. The Morgan fingerprint density at radius 1 is 1.20 bits per heavy atom. The fraction of sp³-hybridized carbons (Fsp3) is 0.824. The second-order valence-corrected chi connectivity index (χ2v) is 6.67. The molecule has 0 aromatic carbocycles. The van der Waals surface area contributed by atoms with Crippen molar-refractivity contribution in [2.75, 3.05) is 6.54 Å². The molecule has 3 nitrogen and oxygen atoms in total. The summed E-state index contributed by atoms with van der Waals surface area (Å²) in [4.78, 5) is 4.07. The average molecular weight is 277 g/mol. The first kappa shape index (κ1) is 15.6. The molecule has 1 N–H and O–H groups in total. The van der Waals surface area contributed by atoms with Crippen molar-refractivity contribution in [1.29, 1.82) is 0 Å².